The van der Waals surface area contributed by atoms with E-state index in [0.717, 1.165) is 25.0 Å². The van der Waals surface area contributed by atoms with Gasteiger partial charge in [-0.25, -0.2) is 0 Å². The first kappa shape index (κ1) is 26.4. The van der Waals surface area contributed by atoms with Crippen LogP contribution in [0.2, 0.25) is 0 Å². The van der Waals surface area contributed by atoms with Crippen molar-refractivity contribution in [3.8, 4) is 11.3 Å². The zero-order valence-corrected chi connectivity index (χ0v) is 25.6. The molecule has 1 aliphatic rings. The van der Waals surface area contributed by atoms with E-state index >= 15 is 0 Å². The Labute approximate surface area is 238 Å². The number of aromatic nitrogens is 1. The van der Waals surface area contributed by atoms with Crippen LogP contribution in [0.4, 0.5) is 0 Å². The number of rotatable bonds is 4. The molecule has 6 rings (SSSR count). The molecular weight excluding hydrogens is 490 g/mol. The van der Waals surface area contributed by atoms with Gasteiger partial charge in [0.1, 0.15) is 0 Å². The summed E-state index contributed by atoms with van der Waals surface area (Å²) in [6, 6.07) is 21.1. The van der Waals surface area contributed by atoms with Crippen LogP contribution in [0, 0.1) is 16.7 Å². The van der Waals surface area contributed by atoms with E-state index in [0.29, 0.717) is 5.92 Å². The standard InChI is InChI=1S/C37H41NS/c1-22(2)16-23-12-13-27-26(17-23)18-29-34-33-28(14-15-38-34)32-24(10-9-11-25(32)20-36(3,4)5)19-31(33)39-35(29)30(27)21-37(6,7)8/h9-15,17-19,22H,16,20-21H2,1-8H3. The molecule has 0 radical (unpaired) electrons. The largest absolute Gasteiger partial charge is 0.256 e. The fraction of sp³-hybridized carbons (Fsp3) is 0.378. The third-order valence-corrected chi connectivity index (χ3v) is 8.95. The van der Waals surface area contributed by atoms with E-state index in [1.54, 1.807) is 0 Å². The van der Waals surface area contributed by atoms with Gasteiger partial charge in [-0.3, -0.25) is 4.98 Å². The predicted octanol–water partition coefficient (Wildman–Crippen LogP) is 11.0. The average molecular weight is 532 g/mol. The fourth-order valence-corrected chi connectivity index (χ4v) is 7.71. The van der Waals surface area contributed by atoms with Crippen LogP contribution in [0.25, 0.3) is 43.6 Å². The maximum absolute atomic E-state index is 5.09. The Kier molecular flexibility index (Phi) is 6.34. The minimum atomic E-state index is 0.185. The second-order valence-corrected chi connectivity index (χ2v) is 15.5. The Bertz CT molecular complexity index is 1740. The van der Waals surface area contributed by atoms with Crippen LogP contribution >= 0.6 is 11.8 Å². The fourth-order valence-electron chi connectivity index (χ4n) is 6.42. The van der Waals surface area contributed by atoms with Gasteiger partial charge in [0.15, 0.2) is 0 Å². The number of hydrogen-bond donors (Lipinski definition) is 0. The Morgan fingerprint density at radius 1 is 0.769 bits per heavy atom. The highest BCUT2D eigenvalue weighted by atomic mass is 32.2. The van der Waals surface area contributed by atoms with Gasteiger partial charge in [0, 0.05) is 26.9 Å². The molecular formula is C37H41NS. The van der Waals surface area contributed by atoms with Gasteiger partial charge in [0.05, 0.1) is 5.69 Å². The number of hydrogen-bond acceptors (Lipinski definition) is 2. The molecule has 1 aliphatic heterocycles. The molecule has 0 fully saturated rings. The molecule has 5 aromatic rings. The number of fused-ring (bicyclic) bond motifs is 5. The second-order valence-electron chi connectivity index (χ2n) is 14.4. The van der Waals surface area contributed by atoms with Crippen molar-refractivity contribution < 1.29 is 0 Å². The van der Waals surface area contributed by atoms with Gasteiger partial charge in [0.2, 0.25) is 0 Å². The van der Waals surface area contributed by atoms with E-state index in [1.165, 1.54) is 64.4 Å². The summed E-state index contributed by atoms with van der Waals surface area (Å²) in [7, 11) is 0. The maximum atomic E-state index is 5.09. The molecule has 200 valence electrons. The Morgan fingerprint density at radius 3 is 2.26 bits per heavy atom. The normalized spacial score (nSPS) is 13.6. The van der Waals surface area contributed by atoms with Gasteiger partial charge in [0.25, 0.3) is 0 Å². The summed E-state index contributed by atoms with van der Waals surface area (Å²) in [4.78, 5) is 7.83. The van der Waals surface area contributed by atoms with E-state index < -0.39 is 0 Å². The Hall–Kier alpha value is -2.84. The molecule has 0 unspecified atom stereocenters. The lowest BCUT2D eigenvalue weighted by Crippen LogP contribution is -2.12. The molecule has 4 aromatic carbocycles. The summed E-state index contributed by atoms with van der Waals surface area (Å²) in [5.41, 5.74) is 7.19. The second kappa shape index (κ2) is 9.37. The molecule has 0 amide bonds. The van der Waals surface area contributed by atoms with Gasteiger partial charge in [-0.15, -0.1) is 0 Å². The van der Waals surface area contributed by atoms with Crippen molar-refractivity contribution in [3.63, 3.8) is 0 Å². The maximum Gasteiger partial charge on any atom is 0.0803 e. The van der Waals surface area contributed by atoms with Crippen LogP contribution in [-0.4, -0.2) is 4.98 Å². The summed E-state index contributed by atoms with van der Waals surface area (Å²) < 4.78 is 0. The summed E-state index contributed by atoms with van der Waals surface area (Å²) in [6.07, 6.45) is 5.24. The molecule has 2 heterocycles. The number of pyridine rings is 1. The third-order valence-electron chi connectivity index (χ3n) is 7.73. The minimum Gasteiger partial charge on any atom is -0.256 e. The van der Waals surface area contributed by atoms with Crippen molar-refractivity contribution in [1.29, 1.82) is 0 Å². The zero-order valence-electron chi connectivity index (χ0n) is 24.8. The van der Waals surface area contributed by atoms with Crippen molar-refractivity contribution in [1.82, 2.24) is 4.98 Å². The molecule has 39 heavy (non-hydrogen) atoms. The molecule has 1 aromatic heterocycles. The molecule has 2 heteroatoms. The first-order valence-electron chi connectivity index (χ1n) is 14.5. The van der Waals surface area contributed by atoms with Gasteiger partial charge < -0.3 is 0 Å². The van der Waals surface area contributed by atoms with E-state index in [2.05, 4.69) is 110 Å². The molecule has 0 saturated heterocycles. The van der Waals surface area contributed by atoms with Crippen LogP contribution in [0.15, 0.2) is 70.6 Å². The number of nitrogens with zero attached hydrogens (tertiary/aromatic N) is 1. The summed E-state index contributed by atoms with van der Waals surface area (Å²) in [5, 5.41) is 8.15. The highest BCUT2D eigenvalue weighted by molar-refractivity contribution is 8.00. The molecule has 0 bridgehead atoms. The number of benzene rings is 4. The minimum absolute atomic E-state index is 0.185. The van der Waals surface area contributed by atoms with Crippen molar-refractivity contribution in [2.24, 2.45) is 16.7 Å². The van der Waals surface area contributed by atoms with Crippen LogP contribution in [0.5, 0.6) is 0 Å². The van der Waals surface area contributed by atoms with Gasteiger partial charge in [-0.1, -0.05) is 104 Å². The van der Waals surface area contributed by atoms with Crippen LogP contribution < -0.4 is 0 Å². The summed E-state index contributed by atoms with van der Waals surface area (Å²) in [5.74, 6) is 0.641. The van der Waals surface area contributed by atoms with Crippen molar-refractivity contribution in [2.75, 3.05) is 0 Å². The van der Waals surface area contributed by atoms with E-state index in [4.69, 9.17) is 4.98 Å². The molecule has 1 nitrogen and oxygen atoms in total. The first-order valence-corrected chi connectivity index (χ1v) is 15.3. The molecule has 0 atom stereocenters. The predicted molar refractivity (Wildman–Crippen MR) is 171 cm³/mol. The van der Waals surface area contributed by atoms with Crippen molar-refractivity contribution in [3.05, 3.63) is 77.5 Å². The third kappa shape index (κ3) is 4.97. The van der Waals surface area contributed by atoms with Gasteiger partial charge in [-0.2, -0.15) is 0 Å². The smallest absolute Gasteiger partial charge is 0.0803 e. The average Bonchev–Trinajstić information content (AvgIpc) is 2.82. The highest BCUT2D eigenvalue weighted by Crippen LogP contribution is 2.53. The first-order chi connectivity index (χ1) is 18.4. The SMILES string of the molecule is CC(C)Cc1ccc2c(CC(C)(C)C)c3c(cc2c1)-c1nccc2c1c(cc1cccc(CC(C)(C)C)c12)S3. The molecule has 0 aliphatic carbocycles. The highest BCUT2D eigenvalue weighted by Gasteiger charge is 2.28. The topological polar surface area (TPSA) is 12.9 Å². The van der Waals surface area contributed by atoms with Crippen LogP contribution in [0.3, 0.4) is 0 Å². The lowest BCUT2D eigenvalue weighted by Gasteiger charge is -2.28. The summed E-state index contributed by atoms with van der Waals surface area (Å²) in [6.45, 7) is 18.7. The zero-order chi connectivity index (χ0) is 27.7. The lowest BCUT2D eigenvalue weighted by molar-refractivity contribution is 0.410. The van der Waals surface area contributed by atoms with Crippen molar-refractivity contribution in [2.45, 2.75) is 84.4 Å². The van der Waals surface area contributed by atoms with Crippen molar-refractivity contribution >= 4 is 44.1 Å². The Morgan fingerprint density at radius 2 is 1.54 bits per heavy atom. The van der Waals surface area contributed by atoms with Crippen LogP contribution in [-0.2, 0) is 19.3 Å². The lowest BCUT2D eigenvalue weighted by atomic mass is 9.83. The van der Waals surface area contributed by atoms with E-state index in [-0.39, 0.29) is 10.8 Å². The van der Waals surface area contributed by atoms with Gasteiger partial charge >= 0.3 is 0 Å². The molecule has 0 spiro atoms. The van der Waals surface area contributed by atoms with Gasteiger partial charge in [-0.05, 0) is 97.8 Å². The van der Waals surface area contributed by atoms with E-state index in [1.807, 2.05) is 18.0 Å². The Balaban J connectivity index is 1.67. The monoisotopic (exact) mass is 531 g/mol. The summed E-state index contributed by atoms with van der Waals surface area (Å²) >= 11 is 1.97. The molecule has 0 N–H and O–H groups in total. The van der Waals surface area contributed by atoms with E-state index in [9.17, 15) is 0 Å². The van der Waals surface area contributed by atoms with Crippen LogP contribution in [0.1, 0.15) is 72.1 Å². The quantitative estimate of drug-likeness (QED) is 0.210. The molecule has 0 saturated carbocycles.